The van der Waals surface area contributed by atoms with Crippen LogP contribution in [0.1, 0.15) is 35.5 Å². The van der Waals surface area contributed by atoms with E-state index in [0.717, 1.165) is 23.6 Å². The third-order valence-corrected chi connectivity index (χ3v) is 4.66. The second-order valence-electron chi connectivity index (χ2n) is 6.65. The van der Waals surface area contributed by atoms with E-state index >= 15 is 0 Å². The molecule has 0 atom stereocenters. The van der Waals surface area contributed by atoms with E-state index in [4.69, 9.17) is 0 Å². The van der Waals surface area contributed by atoms with Gasteiger partial charge in [-0.25, -0.2) is 9.97 Å². The van der Waals surface area contributed by atoms with E-state index in [0.29, 0.717) is 18.8 Å². The number of hydrogen-bond acceptors (Lipinski definition) is 4. The molecule has 0 radical (unpaired) electrons. The molecule has 1 heterocycles. The van der Waals surface area contributed by atoms with E-state index in [1.54, 1.807) is 11.0 Å². The van der Waals surface area contributed by atoms with E-state index in [1.165, 1.54) is 11.9 Å². The number of aryl methyl sites for hydroxylation is 1. The predicted octanol–water partition coefficient (Wildman–Crippen LogP) is 4.61. The largest absolute Gasteiger partial charge is 0.333 e. The standard InChI is InChI=1S/C23H26N4O/c1-4-26(16-19-11-7-6-8-12-19)23(28)21-15-22(25-17-24-21)27(5-2)20-13-9-10-18(3)14-20/h6-15,17H,4-5,16H2,1-3H3. The van der Waals surface area contributed by atoms with E-state index in [1.807, 2.05) is 49.4 Å². The summed E-state index contributed by atoms with van der Waals surface area (Å²) in [7, 11) is 0. The Hall–Kier alpha value is -3.21. The summed E-state index contributed by atoms with van der Waals surface area (Å²) in [4.78, 5) is 25.6. The van der Waals surface area contributed by atoms with Gasteiger partial charge in [0.25, 0.3) is 5.91 Å². The Balaban J connectivity index is 1.85. The van der Waals surface area contributed by atoms with Crippen LogP contribution in [0.5, 0.6) is 0 Å². The molecule has 28 heavy (non-hydrogen) atoms. The van der Waals surface area contributed by atoms with Crippen LogP contribution in [0.2, 0.25) is 0 Å². The molecule has 5 heteroatoms. The number of carbonyl (C=O) groups is 1. The average molecular weight is 374 g/mol. The zero-order valence-corrected chi connectivity index (χ0v) is 16.7. The number of hydrogen-bond donors (Lipinski definition) is 0. The Morgan fingerprint density at radius 3 is 2.39 bits per heavy atom. The third-order valence-electron chi connectivity index (χ3n) is 4.66. The maximum atomic E-state index is 13.1. The first-order valence-corrected chi connectivity index (χ1v) is 9.61. The number of aromatic nitrogens is 2. The lowest BCUT2D eigenvalue weighted by Gasteiger charge is -2.24. The Morgan fingerprint density at radius 1 is 0.929 bits per heavy atom. The molecule has 0 saturated carbocycles. The molecule has 0 unspecified atom stereocenters. The highest BCUT2D eigenvalue weighted by Gasteiger charge is 2.18. The first-order chi connectivity index (χ1) is 13.6. The van der Waals surface area contributed by atoms with Gasteiger partial charge >= 0.3 is 0 Å². The van der Waals surface area contributed by atoms with Crippen LogP contribution in [0.3, 0.4) is 0 Å². The third kappa shape index (κ3) is 4.55. The zero-order valence-electron chi connectivity index (χ0n) is 16.7. The minimum Gasteiger partial charge on any atom is -0.333 e. The lowest BCUT2D eigenvalue weighted by atomic mass is 10.2. The van der Waals surface area contributed by atoms with E-state index in [-0.39, 0.29) is 5.91 Å². The van der Waals surface area contributed by atoms with Crippen LogP contribution < -0.4 is 4.90 Å². The molecule has 0 spiro atoms. The average Bonchev–Trinajstić information content (AvgIpc) is 2.73. The summed E-state index contributed by atoms with van der Waals surface area (Å²) >= 11 is 0. The van der Waals surface area contributed by atoms with Crippen LogP contribution in [0.15, 0.2) is 67.0 Å². The maximum absolute atomic E-state index is 13.1. The number of benzene rings is 2. The van der Waals surface area contributed by atoms with Crippen LogP contribution in [-0.2, 0) is 6.54 Å². The second-order valence-corrected chi connectivity index (χ2v) is 6.65. The Kier molecular flexibility index (Phi) is 6.37. The highest BCUT2D eigenvalue weighted by molar-refractivity contribution is 5.93. The SMILES string of the molecule is CCN(Cc1ccccc1)C(=O)c1cc(N(CC)c2cccc(C)c2)ncn1. The van der Waals surface area contributed by atoms with Crippen molar-refractivity contribution in [3.63, 3.8) is 0 Å². The van der Waals surface area contributed by atoms with Crippen molar-refractivity contribution in [2.75, 3.05) is 18.0 Å². The fourth-order valence-corrected chi connectivity index (χ4v) is 3.18. The minimum absolute atomic E-state index is 0.0877. The van der Waals surface area contributed by atoms with Crippen LogP contribution in [-0.4, -0.2) is 33.9 Å². The number of carbonyl (C=O) groups excluding carboxylic acids is 1. The van der Waals surface area contributed by atoms with Gasteiger partial charge in [0, 0.05) is 31.4 Å². The fraction of sp³-hybridized carbons (Fsp3) is 0.261. The fourth-order valence-electron chi connectivity index (χ4n) is 3.18. The molecule has 0 aliphatic rings. The Labute approximate surface area is 166 Å². The van der Waals surface area contributed by atoms with Gasteiger partial charge in [-0.05, 0) is 44.0 Å². The van der Waals surface area contributed by atoms with Crippen LogP contribution >= 0.6 is 0 Å². The second kappa shape index (κ2) is 9.13. The first-order valence-electron chi connectivity index (χ1n) is 9.61. The van der Waals surface area contributed by atoms with Gasteiger partial charge in [0.15, 0.2) is 0 Å². The lowest BCUT2D eigenvalue weighted by molar-refractivity contribution is 0.0746. The van der Waals surface area contributed by atoms with Crippen LogP contribution in [0.25, 0.3) is 0 Å². The molecule has 144 valence electrons. The van der Waals surface area contributed by atoms with Crippen molar-refractivity contribution in [2.45, 2.75) is 27.3 Å². The summed E-state index contributed by atoms with van der Waals surface area (Å²) in [5, 5.41) is 0. The summed E-state index contributed by atoms with van der Waals surface area (Å²) in [5.74, 6) is 0.637. The van der Waals surface area contributed by atoms with Crippen molar-refractivity contribution in [3.05, 3.63) is 83.8 Å². The van der Waals surface area contributed by atoms with Crippen molar-refractivity contribution in [3.8, 4) is 0 Å². The molecule has 0 fully saturated rings. The van der Waals surface area contributed by atoms with Gasteiger partial charge in [0.2, 0.25) is 0 Å². The summed E-state index contributed by atoms with van der Waals surface area (Å²) in [5.41, 5.74) is 3.74. The highest BCUT2D eigenvalue weighted by Crippen LogP contribution is 2.24. The number of nitrogens with zero attached hydrogens (tertiary/aromatic N) is 4. The smallest absolute Gasteiger partial charge is 0.272 e. The van der Waals surface area contributed by atoms with E-state index in [9.17, 15) is 4.79 Å². The molecule has 0 aliphatic heterocycles. The molecule has 1 amide bonds. The van der Waals surface area contributed by atoms with Crippen molar-refractivity contribution in [2.24, 2.45) is 0 Å². The topological polar surface area (TPSA) is 49.3 Å². The Morgan fingerprint density at radius 2 is 1.71 bits per heavy atom. The van der Waals surface area contributed by atoms with E-state index in [2.05, 4.69) is 40.8 Å². The molecular weight excluding hydrogens is 348 g/mol. The molecule has 3 aromatic rings. The normalized spacial score (nSPS) is 10.5. The number of anilines is 2. The minimum atomic E-state index is -0.0877. The molecule has 0 bridgehead atoms. The van der Waals surface area contributed by atoms with Gasteiger partial charge in [-0.3, -0.25) is 4.79 Å². The molecule has 0 saturated heterocycles. The zero-order chi connectivity index (χ0) is 19.9. The molecular formula is C23H26N4O. The molecule has 0 N–H and O–H groups in total. The van der Waals surface area contributed by atoms with Gasteiger partial charge in [-0.2, -0.15) is 0 Å². The molecule has 3 rings (SSSR count). The van der Waals surface area contributed by atoms with Crippen molar-refractivity contribution in [1.29, 1.82) is 0 Å². The molecule has 5 nitrogen and oxygen atoms in total. The summed E-state index contributed by atoms with van der Waals surface area (Å²) in [6.45, 7) is 8.03. The Bertz CT molecular complexity index is 927. The van der Waals surface area contributed by atoms with Gasteiger partial charge < -0.3 is 9.80 Å². The van der Waals surface area contributed by atoms with Gasteiger partial charge in [-0.15, -0.1) is 0 Å². The predicted molar refractivity (Wildman–Crippen MR) is 113 cm³/mol. The van der Waals surface area contributed by atoms with Crippen LogP contribution in [0.4, 0.5) is 11.5 Å². The van der Waals surface area contributed by atoms with Crippen molar-refractivity contribution < 1.29 is 4.79 Å². The van der Waals surface area contributed by atoms with Crippen molar-refractivity contribution in [1.82, 2.24) is 14.9 Å². The van der Waals surface area contributed by atoms with Gasteiger partial charge in [0.05, 0.1) is 0 Å². The van der Waals surface area contributed by atoms with Gasteiger partial charge in [-0.1, -0.05) is 42.5 Å². The maximum Gasteiger partial charge on any atom is 0.272 e. The monoisotopic (exact) mass is 374 g/mol. The van der Waals surface area contributed by atoms with Gasteiger partial charge in [0.1, 0.15) is 17.8 Å². The summed E-state index contributed by atoms with van der Waals surface area (Å²) in [6.07, 6.45) is 1.47. The van der Waals surface area contributed by atoms with Crippen molar-refractivity contribution >= 4 is 17.4 Å². The lowest BCUT2D eigenvalue weighted by Crippen LogP contribution is -2.31. The summed E-state index contributed by atoms with van der Waals surface area (Å²) in [6, 6.07) is 20.0. The number of rotatable bonds is 7. The quantitative estimate of drug-likeness (QED) is 0.606. The number of amides is 1. The molecule has 2 aromatic carbocycles. The summed E-state index contributed by atoms with van der Waals surface area (Å²) < 4.78 is 0. The van der Waals surface area contributed by atoms with Crippen LogP contribution in [0, 0.1) is 6.92 Å². The highest BCUT2D eigenvalue weighted by atomic mass is 16.2. The first kappa shape index (κ1) is 19.5. The molecule has 1 aromatic heterocycles. The molecule has 0 aliphatic carbocycles. The van der Waals surface area contributed by atoms with E-state index < -0.39 is 0 Å².